The van der Waals surface area contributed by atoms with Gasteiger partial charge in [-0.3, -0.25) is 4.90 Å². The van der Waals surface area contributed by atoms with E-state index in [1.54, 1.807) is 0 Å². The van der Waals surface area contributed by atoms with Crippen molar-refractivity contribution in [2.75, 3.05) is 26.8 Å². The van der Waals surface area contributed by atoms with Crippen LogP contribution in [0, 0.1) is 5.92 Å². The summed E-state index contributed by atoms with van der Waals surface area (Å²) in [6.45, 7) is 10.3. The molecule has 0 aromatic rings. The summed E-state index contributed by atoms with van der Waals surface area (Å²) in [7, 11) is 1.83. The molecule has 3 nitrogen and oxygen atoms in total. The highest BCUT2D eigenvalue weighted by molar-refractivity contribution is 5.01. The van der Waals surface area contributed by atoms with Gasteiger partial charge in [0, 0.05) is 37.8 Å². The molecule has 0 aromatic heterocycles. The maximum Gasteiger partial charge on any atom is 0.0615 e. The molecule has 0 aromatic carbocycles. The van der Waals surface area contributed by atoms with Crippen molar-refractivity contribution in [3.8, 4) is 0 Å². The van der Waals surface area contributed by atoms with Gasteiger partial charge in [0.05, 0.1) is 6.61 Å². The molecule has 1 aliphatic carbocycles. The minimum atomic E-state index is 0.393. The zero-order valence-corrected chi connectivity index (χ0v) is 14.0. The van der Waals surface area contributed by atoms with E-state index < -0.39 is 0 Å². The zero-order valence-electron chi connectivity index (χ0n) is 14.0. The maximum absolute atomic E-state index is 5.43. The van der Waals surface area contributed by atoms with E-state index in [1.165, 1.54) is 45.1 Å². The Morgan fingerprint density at radius 1 is 1.25 bits per heavy atom. The predicted octanol–water partition coefficient (Wildman–Crippen LogP) is 3.04. The van der Waals surface area contributed by atoms with Crippen LogP contribution >= 0.6 is 0 Å². The van der Waals surface area contributed by atoms with E-state index in [2.05, 4.69) is 31.0 Å². The maximum atomic E-state index is 5.43. The van der Waals surface area contributed by atoms with Crippen molar-refractivity contribution in [2.24, 2.45) is 5.92 Å². The van der Waals surface area contributed by atoms with Crippen molar-refractivity contribution < 1.29 is 4.74 Å². The molecule has 118 valence electrons. The largest absolute Gasteiger partial charge is 0.383 e. The van der Waals surface area contributed by atoms with Crippen LogP contribution in [0.3, 0.4) is 0 Å². The molecule has 0 bridgehead atoms. The van der Waals surface area contributed by atoms with Crippen LogP contribution in [-0.4, -0.2) is 49.3 Å². The number of methoxy groups -OCH3 is 1. The number of hydrogen-bond acceptors (Lipinski definition) is 3. The fraction of sp³-hybridized carbons (Fsp3) is 1.00. The lowest BCUT2D eigenvalue weighted by molar-refractivity contribution is -0.0149. The lowest BCUT2D eigenvalue weighted by Gasteiger charge is -2.53. The Bertz CT molecular complexity index is 289. The molecule has 1 heterocycles. The van der Waals surface area contributed by atoms with E-state index in [1.807, 2.05) is 7.11 Å². The zero-order chi connectivity index (χ0) is 14.6. The Morgan fingerprint density at radius 3 is 2.55 bits per heavy atom. The van der Waals surface area contributed by atoms with E-state index in [-0.39, 0.29) is 0 Å². The third-order valence-corrected chi connectivity index (χ3v) is 5.68. The smallest absolute Gasteiger partial charge is 0.0615 e. The Morgan fingerprint density at radius 2 is 1.95 bits per heavy atom. The van der Waals surface area contributed by atoms with Gasteiger partial charge in [0.1, 0.15) is 0 Å². The number of piperazine rings is 1. The number of ether oxygens (including phenoxy) is 1. The summed E-state index contributed by atoms with van der Waals surface area (Å²) >= 11 is 0. The Kier molecular flexibility index (Phi) is 5.88. The van der Waals surface area contributed by atoms with Crippen LogP contribution in [0.2, 0.25) is 0 Å². The number of rotatable bonds is 5. The highest BCUT2D eigenvalue weighted by Crippen LogP contribution is 2.34. The summed E-state index contributed by atoms with van der Waals surface area (Å²) in [5.41, 5.74) is 0.393. The molecule has 2 aliphatic rings. The van der Waals surface area contributed by atoms with Crippen molar-refractivity contribution in [2.45, 2.75) is 76.9 Å². The molecular formula is C17H34N2O. The van der Waals surface area contributed by atoms with Crippen molar-refractivity contribution >= 4 is 0 Å². The van der Waals surface area contributed by atoms with Gasteiger partial charge in [0.15, 0.2) is 0 Å². The van der Waals surface area contributed by atoms with Crippen LogP contribution in [-0.2, 0) is 4.74 Å². The monoisotopic (exact) mass is 282 g/mol. The van der Waals surface area contributed by atoms with Crippen molar-refractivity contribution in [3.63, 3.8) is 0 Å². The average molecular weight is 282 g/mol. The van der Waals surface area contributed by atoms with E-state index in [4.69, 9.17) is 4.74 Å². The van der Waals surface area contributed by atoms with Gasteiger partial charge < -0.3 is 10.1 Å². The number of hydrogen-bond donors (Lipinski definition) is 1. The van der Waals surface area contributed by atoms with Crippen LogP contribution in [0.25, 0.3) is 0 Å². The first-order chi connectivity index (χ1) is 9.62. The fourth-order valence-corrected chi connectivity index (χ4v) is 4.14. The molecule has 1 aliphatic heterocycles. The SMILES string of the molecule is CCC(C)C1CNC2(CCCCC2)CN1C(C)COC. The van der Waals surface area contributed by atoms with Crippen LogP contribution in [0.1, 0.15) is 59.3 Å². The highest BCUT2D eigenvalue weighted by atomic mass is 16.5. The van der Waals surface area contributed by atoms with Crippen LogP contribution in [0.15, 0.2) is 0 Å². The van der Waals surface area contributed by atoms with Gasteiger partial charge in [0.2, 0.25) is 0 Å². The second-order valence-corrected chi connectivity index (χ2v) is 7.15. The second-order valence-electron chi connectivity index (χ2n) is 7.15. The van der Waals surface area contributed by atoms with Crippen LogP contribution in [0.5, 0.6) is 0 Å². The van der Waals surface area contributed by atoms with Gasteiger partial charge in [-0.1, -0.05) is 39.5 Å². The average Bonchev–Trinajstić information content (AvgIpc) is 2.47. The number of nitrogens with one attached hydrogen (secondary N) is 1. The van der Waals surface area contributed by atoms with Gasteiger partial charge in [0.25, 0.3) is 0 Å². The van der Waals surface area contributed by atoms with Crippen molar-refractivity contribution in [3.05, 3.63) is 0 Å². The molecule has 3 unspecified atom stereocenters. The molecule has 1 saturated carbocycles. The van der Waals surface area contributed by atoms with Gasteiger partial charge in [-0.05, 0) is 25.7 Å². The van der Waals surface area contributed by atoms with E-state index in [9.17, 15) is 0 Å². The first kappa shape index (κ1) is 16.3. The second kappa shape index (κ2) is 7.24. The molecule has 3 heteroatoms. The Hall–Kier alpha value is -0.120. The normalized spacial score (nSPS) is 30.3. The fourth-order valence-electron chi connectivity index (χ4n) is 4.14. The van der Waals surface area contributed by atoms with Crippen LogP contribution in [0.4, 0.5) is 0 Å². The van der Waals surface area contributed by atoms with Crippen molar-refractivity contribution in [1.82, 2.24) is 10.2 Å². The molecule has 2 rings (SSSR count). The third-order valence-electron chi connectivity index (χ3n) is 5.68. The molecule has 3 atom stereocenters. The summed E-state index contributed by atoms with van der Waals surface area (Å²) in [5.74, 6) is 0.753. The van der Waals surface area contributed by atoms with Crippen molar-refractivity contribution in [1.29, 1.82) is 0 Å². The standard InChI is InChI=1S/C17H34N2O/c1-5-14(2)16-11-18-17(9-7-6-8-10-17)13-19(16)15(3)12-20-4/h14-16,18H,5-13H2,1-4H3. The minimum absolute atomic E-state index is 0.393. The molecular weight excluding hydrogens is 248 g/mol. The summed E-state index contributed by atoms with van der Waals surface area (Å²) < 4.78 is 5.43. The molecule has 0 amide bonds. The van der Waals surface area contributed by atoms with E-state index >= 15 is 0 Å². The van der Waals surface area contributed by atoms with Gasteiger partial charge in [-0.2, -0.15) is 0 Å². The van der Waals surface area contributed by atoms with Gasteiger partial charge in [-0.15, -0.1) is 0 Å². The molecule has 20 heavy (non-hydrogen) atoms. The van der Waals surface area contributed by atoms with Gasteiger partial charge >= 0.3 is 0 Å². The molecule has 1 spiro atoms. The predicted molar refractivity (Wildman–Crippen MR) is 85.1 cm³/mol. The van der Waals surface area contributed by atoms with E-state index in [0.717, 1.165) is 19.1 Å². The molecule has 1 N–H and O–H groups in total. The quantitative estimate of drug-likeness (QED) is 0.839. The summed E-state index contributed by atoms with van der Waals surface area (Å²) in [5, 5.41) is 3.94. The molecule has 0 radical (unpaired) electrons. The molecule has 2 fully saturated rings. The molecule has 1 saturated heterocycles. The topological polar surface area (TPSA) is 24.5 Å². The Labute approximate surface area is 125 Å². The van der Waals surface area contributed by atoms with Gasteiger partial charge in [-0.25, -0.2) is 0 Å². The minimum Gasteiger partial charge on any atom is -0.383 e. The lowest BCUT2D eigenvalue weighted by Crippen LogP contribution is -2.68. The first-order valence-electron chi connectivity index (χ1n) is 8.61. The summed E-state index contributed by atoms with van der Waals surface area (Å²) in [4.78, 5) is 2.75. The lowest BCUT2D eigenvalue weighted by atomic mass is 9.78. The number of nitrogens with zero attached hydrogens (tertiary/aromatic N) is 1. The Balaban J connectivity index is 2.09. The van der Waals surface area contributed by atoms with E-state index in [0.29, 0.717) is 17.6 Å². The van der Waals surface area contributed by atoms with Crippen LogP contribution < -0.4 is 5.32 Å². The highest BCUT2D eigenvalue weighted by Gasteiger charge is 2.42. The summed E-state index contributed by atoms with van der Waals surface area (Å²) in [6.07, 6.45) is 8.19. The summed E-state index contributed by atoms with van der Waals surface area (Å²) in [6, 6.07) is 1.19. The third kappa shape index (κ3) is 3.55. The first-order valence-corrected chi connectivity index (χ1v) is 8.61.